The van der Waals surface area contributed by atoms with Gasteiger partial charge in [-0.15, -0.1) is 11.3 Å². The van der Waals surface area contributed by atoms with E-state index >= 15 is 0 Å². The standard InChI is InChI=1S/C12H20S/c1-6-9(2)10-7-8-11(13-10)12(3,4)5/h7-9H,6H2,1-5H3. The summed E-state index contributed by atoms with van der Waals surface area (Å²) in [6, 6.07) is 4.57. The van der Waals surface area contributed by atoms with Crippen molar-refractivity contribution >= 4 is 11.3 Å². The largest absolute Gasteiger partial charge is 0.145 e. The highest BCUT2D eigenvalue weighted by atomic mass is 32.1. The molecule has 0 nitrogen and oxygen atoms in total. The van der Waals surface area contributed by atoms with Crippen LogP contribution in [0.3, 0.4) is 0 Å². The summed E-state index contributed by atoms with van der Waals surface area (Å²) < 4.78 is 0. The Bertz CT molecular complexity index is 265. The predicted octanol–water partition coefficient (Wildman–Crippen LogP) is 4.56. The Balaban J connectivity index is 2.87. The Morgan fingerprint density at radius 2 is 1.92 bits per heavy atom. The molecule has 0 aromatic carbocycles. The average Bonchev–Trinajstić information content (AvgIpc) is 2.50. The van der Waals surface area contributed by atoms with Crippen LogP contribution in [-0.4, -0.2) is 0 Å². The maximum absolute atomic E-state index is 2.30. The zero-order chi connectivity index (χ0) is 10.1. The van der Waals surface area contributed by atoms with Crippen molar-refractivity contribution in [2.75, 3.05) is 0 Å². The van der Waals surface area contributed by atoms with E-state index in [-0.39, 0.29) is 0 Å². The first kappa shape index (κ1) is 10.8. The summed E-state index contributed by atoms with van der Waals surface area (Å²) in [4.78, 5) is 3.04. The molecule has 0 radical (unpaired) electrons. The number of rotatable bonds is 2. The fraction of sp³-hybridized carbons (Fsp3) is 0.667. The predicted molar refractivity (Wildman–Crippen MR) is 61.7 cm³/mol. The molecule has 1 unspecified atom stereocenters. The molecule has 1 heterocycles. The van der Waals surface area contributed by atoms with Gasteiger partial charge in [0.05, 0.1) is 0 Å². The normalized spacial score (nSPS) is 14.5. The van der Waals surface area contributed by atoms with Crippen LogP contribution in [0.25, 0.3) is 0 Å². The SMILES string of the molecule is CCC(C)c1ccc(C(C)(C)C)s1. The molecule has 1 aromatic rings. The first-order chi connectivity index (χ1) is 5.95. The lowest BCUT2D eigenvalue weighted by atomic mass is 9.95. The quantitative estimate of drug-likeness (QED) is 0.650. The van der Waals surface area contributed by atoms with Crippen molar-refractivity contribution in [3.8, 4) is 0 Å². The van der Waals surface area contributed by atoms with Crippen LogP contribution in [0.15, 0.2) is 12.1 Å². The molecule has 0 saturated carbocycles. The van der Waals surface area contributed by atoms with Crippen LogP contribution < -0.4 is 0 Å². The van der Waals surface area contributed by atoms with E-state index < -0.39 is 0 Å². The molecule has 0 saturated heterocycles. The molecule has 0 aliphatic rings. The maximum atomic E-state index is 2.30. The van der Waals surface area contributed by atoms with Gasteiger partial charge in [0.1, 0.15) is 0 Å². The third kappa shape index (κ3) is 2.57. The van der Waals surface area contributed by atoms with Gasteiger partial charge in [0.25, 0.3) is 0 Å². The van der Waals surface area contributed by atoms with Gasteiger partial charge >= 0.3 is 0 Å². The lowest BCUT2D eigenvalue weighted by molar-refractivity contribution is 0.604. The summed E-state index contributed by atoms with van der Waals surface area (Å²) in [6.07, 6.45) is 1.24. The zero-order valence-electron chi connectivity index (χ0n) is 9.35. The molecule has 0 N–H and O–H groups in total. The molecule has 1 aromatic heterocycles. The van der Waals surface area contributed by atoms with Crippen molar-refractivity contribution in [2.45, 2.75) is 52.4 Å². The van der Waals surface area contributed by atoms with E-state index in [2.05, 4.69) is 46.8 Å². The van der Waals surface area contributed by atoms with Gasteiger partial charge in [-0.1, -0.05) is 34.6 Å². The highest BCUT2D eigenvalue weighted by Gasteiger charge is 2.17. The summed E-state index contributed by atoms with van der Waals surface area (Å²) in [5, 5.41) is 0. The summed E-state index contributed by atoms with van der Waals surface area (Å²) in [6.45, 7) is 11.4. The number of hydrogen-bond acceptors (Lipinski definition) is 1. The van der Waals surface area contributed by atoms with Gasteiger partial charge in [-0.25, -0.2) is 0 Å². The minimum atomic E-state index is 0.316. The second-order valence-electron chi connectivity index (χ2n) is 4.76. The Morgan fingerprint density at radius 3 is 2.31 bits per heavy atom. The molecular formula is C12H20S. The van der Waals surface area contributed by atoms with Crippen molar-refractivity contribution in [3.63, 3.8) is 0 Å². The van der Waals surface area contributed by atoms with Gasteiger partial charge in [0.15, 0.2) is 0 Å². The van der Waals surface area contributed by atoms with E-state index in [9.17, 15) is 0 Å². The zero-order valence-corrected chi connectivity index (χ0v) is 10.2. The van der Waals surface area contributed by atoms with E-state index in [1.165, 1.54) is 16.2 Å². The van der Waals surface area contributed by atoms with Gasteiger partial charge in [-0.3, -0.25) is 0 Å². The average molecular weight is 196 g/mol. The number of thiophene rings is 1. The van der Waals surface area contributed by atoms with Gasteiger partial charge in [-0.2, -0.15) is 0 Å². The molecule has 1 atom stereocenters. The third-order valence-electron chi connectivity index (χ3n) is 2.46. The molecular weight excluding hydrogens is 176 g/mol. The van der Waals surface area contributed by atoms with E-state index in [0.717, 1.165) is 5.92 Å². The smallest absolute Gasteiger partial charge is 0.0102 e. The maximum Gasteiger partial charge on any atom is 0.0102 e. The minimum Gasteiger partial charge on any atom is -0.145 e. The summed E-state index contributed by atoms with van der Waals surface area (Å²) in [5.41, 5.74) is 0.316. The van der Waals surface area contributed by atoms with Crippen molar-refractivity contribution < 1.29 is 0 Å². The van der Waals surface area contributed by atoms with Crippen LogP contribution in [0.2, 0.25) is 0 Å². The third-order valence-corrected chi connectivity index (χ3v) is 4.21. The van der Waals surface area contributed by atoms with Crippen LogP contribution in [0.4, 0.5) is 0 Å². The van der Waals surface area contributed by atoms with Crippen molar-refractivity contribution in [3.05, 3.63) is 21.9 Å². The van der Waals surface area contributed by atoms with E-state index in [0.29, 0.717) is 5.41 Å². The van der Waals surface area contributed by atoms with Gasteiger partial charge < -0.3 is 0 Å². The highest BCUT2D eigenvalue weighted by molar-refractivity contribution is 7.12. The van der Waals surface area contributed by atoms with E-state index in [4.69, 9.17) is 0 Å². The fourth-order valence-electron chi connectivity index (χ4n) is 1.22. The lowest BCUT2D eigenvalue weighted by Gasteiger charge is -2.15. The molecule has 0 aliphatic carbocycles. The molecule has 0 amide bonds. The molecule has 74 valence electrons. The Kier molecular flexibility index (Phi) is 3.18. The fourth-order valence-corrected chi connectivity index (χ4v) is 2.42. The van der Waals surface area contributed by atoms with Crippen LogP contribution in [0.1, 0.15) is 56.7 Å². The van der Waals surface area contributed by atoms with Crippen LogP contribution in [0.5, 0.6) is 0 Å². The molecule has 13 heavy (non-hydrogen) atoms. The Hall–Kier alpha value is -0.300. The number of hydrogen-bond donors (Lipinski definition) is 0. The Morgan fingerprint density at radius 1 is 1.31 bits per heavy atom. The monoisotopic (exact) mass is 196 g/mol. The van der Waals surface area contributed by atoms with Crippen LogP contribution in [-0.2, 0) is 5.41 Å². The highest BCUT2D eigenvalue weighted by Crippen LogP contribution is 2.33. The first-order valence-electron chi connectivity index (χ1n) is 5.05. The summed E-state index contributed by atoms with van der Waals surface area (Å²) >= 11 is 1.97. The van der Waals surface area contributed by atoms with E-state index in [1.807, 2.05) is 11.3 Å². The Labute approximate surface area is 86.0 Å². The van der Waals surface area contributed by atoms with Gasteiger partial charge in [0, 0.05) is 9.75 Å². The lowest BCUT2D eigenvalue weighted by Crippen LogP contribution is -2.07. The second kappa shape index (κ2) is 3.83. The van der Waals surface area contributed by atoms with Crippen molar-refractivity contribution in [1.29, 1.82) is 0 Å². The van der Waals surface area contributed by atoms with Crippen molar-refractivity contribution in [2.24, 2.45) is 0 Å². The topological polar surface area (TPSA) is 0 Å². The summed E-state index contributed by atoms with van der Waals surface area (Å²) in [7, 11) is 0. The van der Waals surface area contributed by atoms with Crippen LogP contribution in [0, 0.1) is 0 Å². The first-order valence-corrected chi connectivity index (χ1v) is 5.87. The molecule has 0 spiro atoms. The minimum absolute atomic E-state index is 0.316. The van der Waals surface area contributed by atoms with Gasteiger partial charge in [0.2, 0.25) is 0 Å². The second-order valence-corrected chi connectivity index (χ2v) is 5.88. The molecule has 1 rings (SSSR count). The van der Waals surface area contributed by atoms with Crippen LogP contribution >= 0.6 is 11.3 Å². The summed E-state index contributed by atoms with van der Waals surface area (Å²) in [5.74, 6) is 0.723. The van der Waals surface area contributed by atoms with E-state index in [1.54, 1.807) is 0 Å². The molecule has 1 heteroatoms. The van der Waals surface area contributed by atoms with Crippen molar-refractivity contribution in [1.82, 2.24) is 0 Å². The molecule has 0 fully saturated rings. The molecule has 0 bridgehead atoms. The van der Waals surface area contributed by atoms with Gasteiger partial charge in [-0.05, 0) is 29.9 Å². The molecule has 0 aliphatic heterocycles.